The van der Waals surface area contributed by atoms with Gasteiger partial charge in [0.25, 0.3) is 0 Å². The molecular weight excluding hydrogens is 194 g/mol. The van der Waals surface area contributed by atoms with Gasteiger partial charge in [-0.1, -0.05) is 12.1 Å². The van der Waals surface area contributed by atoms with Crippen molar-refractivity contribution in [2.45, 2.75) is 19.1 Å². The van der Waals surface area contributed by atoms with Gasteiger partial charge in [-0.3, -0.25) is 0 Å². The number of ether oxygens (including phenoxy) is 1. The summed E-state index contributed by atoms with van der Waals surface area (Å²) in [5.74, 6) is 0.565. The third-order valence-electron chi connectivity index (χ3n) is 2.31. The molecule has 0 radical (unpaired) electrons. The van der Waals surface area contributed by atoms with Gasteiger partial charge in [-0.05, 0) is 18.6 Å². The van der Waals surface area contributed by atoms with E-state index >= 15 is 0 Å². The minimum absolute atomic E-state index is 0.0121. The molecule has 1 rings (SSSR count). The third-order valence-corrected chi connectivity index (χ3v) is 2.31. The minimum Gasteiger partial charge on any atom is -0.496 e. The molecule has 0 aliphatic heterocycles. The summed E-state index contributed by atoms with van der Waals surface area (Å²) in [5.41, 5.74) is 6.87. The molecule has 1 aromatic rings. The number of aliphatic hydroxyl groups is 2. The maximum atomic E-state index is 9.78. The number of aryl methyl sites for hydroxylation is 1. The van der Waals surface area contributed by atoms with Crippen LogP contribution in [0, 0.1) is 6.92 Å². The van der Waals surface area contributed by atoms with Crippen LogP contribution in [-0.2, 0) is 0 Å². The lowest BCUT2D eigenvalue weighted by Crippen LogP contribution is -2.27. The van der Waals surface area contributed by atoms with Crippen LogP contribution in [0.2, 0.25) is 0 Å². The van der Waals surface area contributed by atoms with E-state index in [2.05, 4.69) is 0 Å². The molecule has 0 aliphatic rings. The van der Waals surface area contributed by atoms with Crippen LogP contribution in [-0.4, -0.2) is 30.0 Å². The van der Waals surface area contributed by atoms with Crippen LogP contribution in [0.25, 0.3) is 0 Å². The molecule has 0 saturated heterocycles. The molecule has 2 atom stereocenters. The van der Waals surface area contributed by atoms with E-state index in [4.69, 9.17) is 10.5 Å². The molecule has 4 nitrogen and oxygen atoms in total. The molecule has 4 N–H and O–H groups in total. The summed E-state index contributed by atoms with van der Waals surface area (Å²) in [4.78, 5) is 0. The fraction of sp³-hybridized carbons (Fsp3) is 0.455. The van der Waals surface area contributed by atoms with Crippen molar-refractivity contribution in [3.8, 4) is 5.75 Å². The molecule has 0 heterocycles. The van der Waals surface area contributed by atoms with Gasteiger partial charge in [0, 0.05) is 12.1 Å². The Labute approximate surface area is 89.3 Å². The van der Waals surface area contributed by atoms with Gasteiger partial charge in [-0.15, -0.1) is 0 Å². The molecule has 84 valence electrons. The van der Waals surface area contributed by atoms with E-state index in [1.807, 2.05) is 19.1 Å². The van der Waals surface area contributed by atoms with Crippen LogP contribution in [0.4, 0.5) is 0 Å². The summed E-state index contributed by atoms with van der Waals surface area (Å²) >= 11 is 0. The van der Waals surface area contributed by atoms with Gasteiger partial charge in [0.2, 0.25) is 0 Å². The molecule has 0 saturated carbocycles. The zero-order valence-corrected chi connectivity index (χ0v) is 8.97. The predicted octanol–water partition coefficient (Wildman–Crippen LogP) is 0.357. The number of nitrogens with two attached hydrogens (primary N) is 1. The zero-order valence-electron chi connectivity index (χ0n) is 8.97. The molecule has 0 bridgehead atoms. The van der Waals surface area contributed by atoms with Crippen molar-refractivity contribution < 1.29 is 14.9 Å². The normalized spacial score (nSPS) is 14.7. The fourth-order valence-electron chi connectivity index (χ4n) is 1.40. The molecule has 0 aromatic heterocycles. The van der Waals surface area contributed by atoms with Crippen LogP contribution in [0.3, 0.4) is 0 Å². The number of rotatable bonds is 4. The van der Waals surface area contributed by atoms with Gasteiger partial charge in [0.15, 0.2) is 0 Å². The highest BCUT2D eigenvalue weighted by Gasteiger charge is 2.20. The van der Waals surface area contributed by atoms with Gasteiger partial charge in [-0.2, -0.15) is 0 Å². The summed E-state index contributed by atoms with van der Waals surface area (Å²) in [5, 5.41) is 19.2. The summed E-state index contributed by atoms with van der Waals surface area (Å²) in [7, 11) is 1.53. The van der Waals surface area contributed by atoms with Crippen molar-refractivity contribution >= 4 is 0 Å². The fourth-order valence-corrected chi connectivity index (χ4v) is 1.40. The number of benzene rings is 1. The second kappa shape index (κ2) is 5.11. The van der Waals surface area contributed by atoms with Crippen molar-refractivity contribution in [3.63, 3.8) is 0 Å². The first-order chi connectivity index (χ1) is 7.10. The topological polar surface area (TPSA) is 75.7 Å². The van der Waals surface area contributed by atoms with E-state index in [0.29, 0.717) is 11.3 Å². The Morgan fingerprint density at radius 1 is 1.40 bits per heavy atom. The second-order valence-corrected chi connectivity index (χ2v) is 3.49. The standard InChI is InChI=1S/C11H17NO3/c1-7-3-4-8(10(5-7)15-2)11(14)9(13)6-12/h3-5,9,11,13-14H,6,12H2,1-2H3. The van der Waals surface area contributed by atoms with Crippen LogP contribution in [0.15, 0.2) is 18.2 Å². The molecule has 4 heteroatoms. The van der Waals surface area contributed by atoms with Crippen LogP contribution in [0.1, 0.15) is 17.2 Å². The van der Waals surface area contributed by atoms with E-state index in [-0.39, 0.29) is 6.54 Å². The van der Waals surface area contributed by atoms with E-state index in [0.717, 1.165) is 5.56 Å². The number of methoxy groups -OCH3 is 1. The highest BCUT2D eigenvalue weighted by Crippen LogP contribution is 2.27. The molecule has 15 heavy (non-hydrogen) atoms. The van der Waals surface area contributed by atoms with Gasteiger partial charge in [0.05, 0.1) is 13.2 Å². The maximum absolute atomic E-state index is 9.78. The van der Waals surface area contributed by atoms with E-state index in [1.54, 1.807) is 6.07 Å². The van der Waals surface area contributed by atoms with Gasteiger partial charge < -0.3 is 20.7 Å². The maximum Gasteiger partial charge on any atom is 0.125 e. The van der Waals surface area contributed by atoms with Crippen molar-refractivity contribution in [2.24, 2.45) is 5.73 Å². The monoisotopic (exact) mass is 211 g/mol. The first-order valence-corrected chi connectivity index (χ1v) is 4.81. The van der Waals surface area contributed by atoms with Crippen molar-refractivity contribution in [1.29, 1.82) is 0 Å². The Balaban J connectivity index is 3.02. The van der Waals surface area contributed by atoms with Crippen molar-refractivity contribution in [1.82, 2.24) is 0 Å². The van der Waals surface area contributed by atoms with E-state index in [1.165, 1.54) is 7.11 Å². The molecule has 0 spiro atoms. The SMILES string of the molecule is COc1cc(C)ccc1C(O)C(O)CN. The highest BCUT2D eigenvalue weighted by atomic mass is 16.5. The third kappa shape index (κ3) is 2.68. The number of hydrogen-bond donors (Lipinski definition) is 3. The number of aliphatic hydroxyl groups excluding tert-OH is 2. The summed E-state index contributed by atoms with van der Waals surface area (Å²) in [6, 6.07) is 5.39. The molecule has 2 unspecified atom stereocenters. The van der Waals surface area contributed by atoms with E-state index < -0.39 is 12.2 Å². The first kappa shape index (κ1) is 12.0. The molecule has 1 aromatic carbocycles. The summed E-state index contributed by atoms with van der Waals surface area (Å²) < 4.78 is 5.13. The van der Waals surface area contributed by atoms with Crippen LogP contribution in [0.5, 0.6) is 5.75 Å². The Morgan fingerprint density at radius 2 is 2.07 bits per heavy atom. The lowest BCUT2D eigenvalue weighted by atomic mass is 10.0. The lowest BCUT2D eigenvalue weighted by molar-refractivity contribution is 0.0229. The molecule has 0 fully saturated rings. The first-order valence-electron chi connectivity index (χ1n) is 4.81. The summed E-state index contributed by atoms with van der Waals surface area (Å²) in [6.45, 7) is 1.94. The number of hydrogen-bond acceptors (Lipinski definition) is 4. The van der Waals surface area contributed by atoms with Gasteiger partial charge in [-0.25, -0.2) is 0 Å². The van der Waals surface area contributed by atoms with Crippen molar-refractivity contribution in [2.75, 3.05) is 13.7 Å². The largest absolute Gasteiger partial charge is 0.496 e. The van der Waals surface area contributed by atoms with Gasteiger partial charge >= 0.3 is 0 Å². The Hall–Kier alpha value is -1.10. The smallest absolute Gasteiger partial charge is 0.125 e. The average molecular weight is 211 g/mol. The molecule has 0 amide bonds. The summed E-state index contributed by atoms with van der Waals surface area (Å²) in [6.07, 6.45) is -1.98. The van der Waals surface area contributed by atoms with Crippen LogP contribution >= 0.6 is 0 Å². The Bertz CT molecular complexity index is 328. The Kier molecular flexibility index (Phi) is 4.08. The molecule has 0 aliphatic carbocycles. The van der Waals surface area contributed by atoms with E-state index in [9.17, 15) is 10.2 Å². The highest BCUT2D eigenvalue weighted by molar-refractivity contribution is 5.39. The molecular formula is C11H17NO3. The Morgan fingerprint density at radius 3 is 2.60 bits per heavy atom. The average Bonchev–Trinajstić information content (AvgIpc) is 2.26. The van der Waals surface area contributed by atoms with Crippen molar-refractivity contribution in [3.05, 3.63) is 29.3 Å². The lowest BCUT2D eigenvalue weighted by Gasteiger charge is -2.19. The van der Waals surface area contributed by atoms with Gasteiger partial charge in [0.1, 0.15) is 11.9 Å². The van der Waals surface area contributed by atoms with Crippen LogP contribution < -0.4 is 10.5 Å². The predicted molar refractivity (Wildman–Crippen MR) is 57.8 cm³/mol. The quantitative estimate of drug-likeness (QED) is 0.672. The minimum atomic E-state index is -1.01. The zero-order chi connectivity index (χ0) is 11.4. The second-order valence-electron chi connectivity index (χ2n) is 3.49.